The second-order valence-corrected chi connectivity index (χ2v) is 8.41. The largest absolute Gasteiger partial charge is 0.331 e. The van der Waals surface area contributed by atoms with E-state index in [-0.39, 0.29) is 5.91 Å². The molecule has 1 amide bonds. The molecule has 146 valence electrons. The van der Waals surface area contributed by atoms with Crippen LogP contribution in [0.25, 0.3) is 21.6 Å². The topological polar surface area (TPSA) is 63.9 Å². The second kappa shape index (κ2) is 7.08. The van der Waals surface area contributed by atoms with Crippen LogP contribution >= 0.6 is 11.3 Å². The van der Waals surface area contributed by atoms with Gasteiger partial charge in [-0.3, -0.25) is 14.5 Å². The van der Waals surface area contributed by atoms with Crippen molar-refractivity contribution < 1.29 is 4.79 Å². The Labute approximate surface area is 172 Å². The average molecular weight is 404 g/mol. The van der Waals surface area contributed by atoms with Crippen molar-refractivity contribution in [3.8, 4) is 10.6 Å². The lowest BCUT2D eigenvalue weighted by Gasteiger charge is -2.23. The van der Waals surface area contributed by atoms with Gasteiger partial charge in [0.25, 0.3) is 5.91 Å². The number of aryl methyl sites for hydroxylation is 2. The maximum atomic E-state index is 13.8. The molecular formula is C22H21N5OS. The maximum Gasteiger partial charge on any atom is 0.255 e. The molecule has 1 aliphatic rings. The van der Waals surface area contributed by atoms with E-state index in [1.165, 1.54) is 0 Å². The van der Waals surface area contributed by atoms with Gasteiger partial charge < -0.3 is 4.90 Å². The zero-order valence-electron chi connectivity index (χ0n) is 16.4. The SMILES string of the molecule is Cc1nn(C)c2nc(-c3cccs3)cc(C(=O)N(Cc3ccncc3)C3CC3)c12. The van der Waals surface area contributed by atoms with Gasteiger partial charge in [0.2, 0.25) is 0 Å². The molecule has 0 saturated heterocycles. The summed E-state index contributed by atoms with van der Waals surface area (Å²) in [6, 6.07) is 10.2. The van der Waals surface area contributed by atoms with Crippen LogP contribution in [0.4, 0.5) is 0 Å². The van der Waals surface area contributed by atoms with E-state index >= 15 is 0 Å². The summed E-state index contributed by atoms with van der Waals surface area (Å²) in [5.74, 6) is 0.0469. The lowest BCUT2D eigenvalue weighted by Crippen LogP contribution is -2.33. The van der Waals surface area contributed by atoms with Gasteiger partial charge in [0.15, 0.2) is 5.65 Å². The van der Waals surface area contributed by atoms with Gasteiger partial charge in [0, 0.05) is 32.0 Å². The number of aromatic nitrogens is 4. The lowest BCUT2D eigenvalue weighted by atomic mass is 10.1. The third-order valence-corrected chi connectivity index (χ3v) is 6.22. The van der Waals surface area contributed by atoms with E-state index in [9.17, 15) is 4.79 Å². The molecule has 0 atom stereocenters. The monoisotopic (exact) mass is 403 g/mol. The fourth-order valence-corrected chi connectivity index (χ4v) is 4.44. The third kappa shape index (κ3) is 3.31. The minimum absolute atomic E-state index is 0.0469. The fourth-order valence-electron chi connectivity index (χ4n) is 3.76. The van der Waals surface area contributed by atoms with Gasteiger partial charge in [0.05, 0.1) is 27.2 Å². The molecule has 0 aromatic carbocycles. The predicted octanol–water partition coefficient (Wildman–Crippen LogP) is 4.21. The number of nitrogens with zero attached hydrogens (tertiary/aromatic N) is 5. The average Bonchev–Trinajstić information content (AvgIpc) is 3.34. The van der Waals surface area contributed by atoms with Gasteiger partial charge in [-0.1, -0.05) is 6.07 Å². The third-order valence-electron chi connectivity index (χ3n) is 5.32. The molecular weight excluding hydrogens is 382 g/mol. The van der Waals surface area contributed by atoms with Crippen LogP contribution in [0.2, 0.25) is 0 Å². The highest BCUT2D eigenvalue weighted by molar-refractivity contribution is 7.13. The zero-order valence-corrected chi connectivity index (χ0v) is 17.2. The normalized spacial score (nSPS) is 13.7. The molecule has 0 radical (unpaired) electrons. The molecule has 0 bridgehead atoms. The number of hydrogen-bond acceptors (Lipinski definition) is 5. The Morgan fingerprint density at radius 2 is 2.07 bits per heavy atom. The highest BCUT2D eigenvalue weighted by Gasteiger charge is 2.34. The van der Waals surface area contributed by atoms with Crippen LogP contribution in [0.3, 0.4) is 0 Å². The molecule has 0 spiro atoms. The van der Waals surface area contributed by atoms with E-state index in [0.29, 0.717) is 18.2 Å². The quantitative estimate of drug-likeness (QED) is 0.501. The first-order valence-corrected chi connectivity index (χ1v) is 10.6. The molecule has 5 rings (SSSR count). The Hall–Kier alpha value is -3.06. The molecule has 1 fully saturated rings. The van der Waals surface area contributed by atoms with Crippen molar-refractivity contribution in [1.29, 1.82) is 0 Å². The van der Waals surface area contributed by atoms with Crippen LogP contribution in [0.15, 0.2) is 48.1 Å². The van der Waals surface area contributed by atoms with Gasteiger partial charge in [-0.2, -0.15) is 5.10 Å². The van der Waals surface area contributed by atoms with Crippen molar-refractivity contribution in [2.24, 2.45) is 7.05 Å². The number of pyridine rings is 2. The molecule has 0 N–H and O–H groups in total. The minimum atomic E-state index is 0.0469. The van der Waals surface area contributed by atoms with Gasteiger partial charge in [-0.25, -0.2) is 4.98 Å². The first-order chi connectivity index (χ1) is 14.1. The molecule has 29 heavy (non-hydrogen) atoms. The lowest BCUT2D eigenvalue weighted by molar-refractivity contribution is 0.0732. The standard InChI is InChI=1S/C22H21N5OS/c1-14-20-17(12-18(19-4-3-11-29-19)24-21(20)26(2)25-14)22(28)27(16-5-6-16)13-15-7-9-23-10-8-15/h3-4,7-12,16H,5-6,13H2,1-2H3. The Balaban J connectivity index is 1.63. The van der Waals surface area contributed by atoms with Gasteiger partial charge in [-0.05, 0) is 55.0 Å². The summed E-state index contributed by atoms with van der Waals surface area (Å²) < 4.78 is 1.77. The number of thiophene rings is 1. The van der Waals surface area contributed by atoms with Crippen molar-refractivity contribution >= 4 is 28.3 Å². The fraction of sp³-hybridized carbons (Fsp3) is 0.273. The molecule has 7 heteroatoms. The minimum Gasteiger partial charge on any atom is -0.331 e. The molecule has 4 aromatic rings. The molecule has 6 nitrogen and oxygen atoms in total. The van der Waals surface area contributed by atoms with Crippen LogP contribution < -0.4 is 0 Å². The number of carbonyl (C=O) groups excluding carboxylic acids is 1. The van der Waals surface area contributed by atoms with Crippen molar-refractivity contribution in [2.45, 2.75) is 32.4 Å². The van der Waals surface area contributed by atoms with Crippen LogP contribution in [-0.2, 0) is 13.6 Å². The van der Waals surface area contributed by atoms with E-state index in [1.54, 1.807) is 28.4 Å². The first kappa shape index (κ1) is 18.0. The predicted molar refractivity (Wildman–Crippen MR) is 114 cm³/mol. The number of carbonyl (C=O) groups is 1. The van der Waals surface area contributed by atoms with Crippen LogP contribution in [-0.4, -0.2) is 36.6 Å². The van der Waals surface area contributed by atoms with Crippen molar-refractivity contribution in [1.82, 2.24) is 24.6 Å². The van der Waals surface area contributed by atoms with E-state index in [0.717, 1.165) is 45.7 Å². The Morgan fingerprint density at radius 3 is 2.76 bits per heavy atom. The molecule has 4 heterocycles. The Bertz CT molecular complexity index is 1180. The zero-order chi connectivity index (χ0) is 20.0. The maximum absolute atomic E-state index is 13.8. The Morgan fingerprint density at radius 1 is 1.28 bits per heavy atom. The summed E-state index contributed by atoms with van der Waals surface area (Å²) in [5.41, 5.74) is 4.17. The summed E-state index contributed by atoms with van der Waals surface area (Å²) in [7, 11) is 1.88. The Kier molecular flexibility index (Phi) is 4.39. The summed E-state index contributed by atoms with van der Waals surface area (Å²) >= 11 is 1.62. The summed E-state index contributed by atoms with van der Waals surface area (Å²) in [5, 5.41) is 7.41. The number of rotatable bonds is 5. The van der Waals surface area contributed by atoms with Crippen LogP contribution in [0.5, 0.6) is 0 Å². The first-order valence-electron chi connectivity index (χ1n) is 9.70. The van der Waals surface area contributed by atoms with E-state index < -0.39 is 0 Å². The smallest absolute Gasteiger partial charge is 0.255 e. The summed E-state index contributed by atoms with van der Waals surface area (Å²) in [4.78, 5) is 25.7. The molecule has 1 saturated carbocycles. The van der Waals surface area contributed by atoms with Crippen LogP contribution in [0, 0.1) is 6.92 Å². The van der Waals surface area contributed by atoms with Crippen LogP contribution in [0.1, 0.15) is 34.5 Å². The molecule has 4 aromatic heterocycles. The summed E-state index contributed by atoms with van der Waals surface area (Å²) in [6.07, 6.45) is 5.65. The van der Waals surface area contributed by atoms with E-state index in [4.69, 9.17) is 4.98 Å². The van der Waals surface area contributed by atoms with Crippen molar-refractivity contribution in [2.75, 3.05) is 0 Å². The molecule has 0 aliphatic heterocycles. The molecule has 1 aliphatic carbocycles. The highest BCUT2D eigenvalue weighted by Crippen LogP contribution is 2.34. The number of fused-ring (bicyclic) bond motifs is 1. The van der Waals surface area contributed by atoms with E-state index in [1.807, 2.05) is 54.6 Å². The summed E-state index contributed by atoms with van der Waals surface area (Å²) in [6.45, 7) is 2.53. The van der Waals surface area contributed by atoms with Gasteiger partial charge >= 0.3 is 0 Å². The highest BCUT2D eigenvalue weighted by atomic mass is 32.1. The van der Waals surface area contributed by atoms with Crippen molar-refractivity contribution in [3.63, 3.8) is 0 Å². The van der Waals surface area contributed by atoms with E-state index in [2.05, 4.69) is 10.1 Å². The van der Waals surface area contributed by atoms with Gasteiger partial charge in [0.1, 0.15) is 0 Å². The number of amides is 1. The second-order valence-electron chi connectivity index (χ2n) is 7.46. The van der Waals surface area contributed by atoms with Gasteiger partial charge in [-0.15, -0.1) is 11.3 Å². The van der Waals surface area contributed by atoms with Crippen molar-refractivity contribution in [3.05, 3.63) is 64.9 Å². The number of hydrogen-bond donors (Lipinski definition) is 0. The molecule has 0 unspecified atom stereocenters.